The molecule has 0 aliphatic carbocycles. The summed E-state index contributed by atoms with van der Waals surface area (Å²) < 4.78 is -0.728. The fourth-order valence-corrected chi connectivity index (χ4v) is 2.67. The van der Waals surface area contributed by atoms with Crippen LogP contribution in [0, 0.1) is 0 Å². The third-order valence-corrected chi connectivity index (χ3v) is 3.99. The summed E-state index contributed by atoms with van der Waals surface area (Å²) in [6.07, 6.45) is 0. The maximum Gasteiger partial charge on any atom is 0.243 e. The Labute approximate surface area is 149 Å². The zero-order valence-electron chi connectivity index (χ0n) is 13.1. The van der Waals surface area contributed by atoms with Crippen molar-refractivity contribution in [2.75, 3.05) is 11.9 Å². The molecule has 0 aliphatic rings. The van der Waals surface area contributed by atoms with Crippen molar-refractivity contribution in [3.8, 4) is 0 Å². The highest BCUT2D eigenvalue weighted by molar-refractivity contribution is 9.10. The second kappa shape index (κ2) is 6.85. The average molecular weight is 395 g/mol. The summed E-state index contributed by atoms with van der Waals surface area (Å²) in [4.78, 5) is 26.8. The lowest BCUT2D eigenvalue weighted by Crippen LogP contribution is -2.39. The van der Waals surface area contributed by atoms with Crippen molar-refractivity contribution in [1.82, 2.24) is 0 Å². The summed E-state index contributed by atoms with van der Waals surface area (Å²) in [6.45, 7) is 3.53. The summed E-state index contributed by atoms with van der Waals surface area (Å²) >= 11 is 9.42. The molecule has 0 aliphatic heterocycles. The summed E-state index contributed by atoms with van der Waals surface area (Å²) in [5.41, 5.74) is 1.48. The lowest BCUT2D eigenvalue weighted by Gasteiger charge is -2.26. The van der Waals surface area contributed by atoms with Crippen LogP contribution >= 0.6 is 27.5 Å². The molecular formula is C18H17BrClNO2. The molecule has 0 saturated carbocycles. The molecule has 0 radical (unpaired) electrons. The minimum absolute atomic E-state index is 0.151. The van der Waals surface area contributed by atoms with Crippen LogP contribution in [0.2, 0.25) is 5.02 Å². The number of amides is 1. The molecule has 0 spiro atoms. The van der Waals surface area contributed by atoms with Crippen LogP contribution < -0.4 is 4.90 Å². The number of nitrogens with zero attached hydrogens (tertiary/aromatic N) is 1. The molecule has 2 aromatic rings. The maximum atomic E-state index is 12.8. The molecule has 120 valence electrons. The highest BCUT2D eigenvalue weighted by Crippen LogP contribution is 2.29. The predicted molar refractivity (Wildman–Crippen MR) is 97.7 cm³/mol. The van der Waals surface area contributed by atoms with E-state index in [1.165, 1.54) is 4.90 Å². The maximum absolute atomic E-state index is 12.8. The van der Waals surface area contributed by atoms with E-state index in [2.05, 4.69) is 15.9 Å². The van der Waals surface area contributed by atoms with E-state index in [1.54, 1.807) is 63.4 Å². The van der Waals surface area contributed by atoms with Gasteiger partial charge in [0.05, 0.1) is 10.0 Å². The summed E-state index contributed by atoms with van der Waals surface area (Å²) in [5, 5.41) is 0.451. The van der Waals surface area contributed by atoms with Gasteiger partial charge in [-0.15, -0.1) is 0 Å². The Morgan fingerprint density at radius 2 is 1.70 bits per heavy atom. The van der Waals surface area contributed by atoms with E-state index in [0.29, 0.717) is 21.8 Å². The van der Waals surface area contributed by atoms with Crippen LogP contribution in [0.5, 0.6) is 0 Å². The number of ketones is 1. The lowest BCUT2D eigenvalue weighted by molar-refractivity contribution is -0.119. The second-order valence-electron chi connectivity index (χ2n) is 5.69. The van der Waals surface area contributed by atoms with E-state index in [9.17, 15) is 9.59 Å². The van der Waals surface area contributed by atoms with Gasteiger partial charge in [0.15, 0.2) is 5.78 Å². The van der Waals surface area contributed by atoms with E-state index in [4.69, 9.17) is 11.6 Å². The summed E-state index contributed by atoms with van der Waals surface area (Å²) in [7, 11) is 1.65. The van der Waals surface area contributed by atoms with E-state index >= 15 is 0 Å². The minimum atomic E-state index is -0.728. The first kappa shape index (κ1) is 17.7. The topological polar surface area (TPSA) is 37.4 Å². The van der Waals surface area contributed by atoms with Crippen molar-refractivity contribution in [1.29, 1.82) is 0 Å². The normalized spacial score (nSPS) is 11.2. The van der Waals surface area contributed by atoms with Crippen molar-refractivity contribution < 1.29 is 9.59 Å². The molecule has 0 fully saturated rings. The van der Waals surface area contributed by atoms with E-state index in [-0.39, 0.29) is 11.7 Å². The second-order valence-corrected chi connectivity index (χ2v) is 8.11. The monoisotopic (exact) mass is 393 g/mol. The van der Waals surface area contributed by atoms with Gasteiger partial charge < -0.3 is 4.90 Å². The minimum Gasteiger partial charge on any atom is -0.314 e. The molecule has 23 heavy (non-hydrogen) atoms. The Kier molecular flexibility index (Phi) is 5.27. The third kappa shape index (κ3) is 4.01. The Hall–Kier alpha value is -1.65. The van der Waals surface area contributed by atoms with Gasteiger partial charge in [0.25, 0.3) is 0 Å². The molecule has 0 N–H and O–H groups in total. The Morgan fingerprint density at radius 1 is 1.09 bits per heavy atom. The lowest BCUT2D eigenvalue weighted by atomic mass is 10.0. The van der Waals surface area contributed by atoms with Gasteiger partial charge in [-0.05, 0) is 32.0 Å². The number of benzene rings is 2. The zero-order chi connectivity index (χ0) is 17.2. The van der Waals surface area contributed by atoms with Gasteiger partial charge in [0.2, 0.25) is 5.91 Å². The van der Waals surface area contributed by atoms with Gasteiger partial charge in [-0.25, -0.2) is 0 Å². The third-order valence-electron chi connectivity index (χ3n) is 3.41. The molecule has 0 heterocycles. The van der Waals surface area contributed by atoms with E-state index in [1.807, 2.05) is 6.07 Å². The van der Waals surface area contributed by atoms with E-state index < -0.39 is 4.32 Å². The number of hydrogen-bond donors (Lipinski definition) is 0. The molecule has 2 aromatic carbocycles. The van der Waals surface area contributed by atoms with Crippen LogP contribution in [0.3, 0.4) is 0 Å². The predicted octanol–water partition coefficient (Wildman–Crippen LogP) is 4.71. The van der Waals surface area contributed by atoms with Gasteiger partial charge in [0.1, 0.15) is 0 Å². The number of anilines is 1. The summed E-state index contributed by atoms with van der Waals surface area (Å²) in [6, 6.07) is 13.9. The first-order valence-electron chi connectivity index (χ1n) is 7.08. The van der Waals surface area contributed by atoms with Crippen LogP contribution in [0.4, 0.5) is 5.69 Å². The quantitative estimate of drug-likeness (QED) is 0.556. The van der Waals surface area contributed by atoms with Crippen molar-refractivity contribution in [2.45, 2.75) is 18.2 Å². The molecule has 3 nitrogen and oxygen atoms in total. The molecule has 0 saturated heterocycles. The van der Waals surface area contributed by atoms with Gasteiger partial charge in [-0.2, -0.15) is 0 Å². The molecule has 0 aromatic heterocycles. The average Bonchev–Trinajstić information content (AvgIpc) is 2.52. The molecular weight excluding hydrogens is 378 g/mol. The fourth-order valence-electron chi connectivity index (χ4n) is 2.24. The highest BCUT2D eigenvalue weighted by atomic mass is 79.9. The van der Waals surface area contributed by atoms with Gasteiger partial charge >= 0.3 is 0 Å². The van der Waals surface area contributed by atoms with Crippen molar-refractivity contribution in [3.05, 3.63) is 64.7 Å². The number of carbonyl (C=O) groups excluding carboxylic acids is 2. The number of halogens is 2. The van der Waals surface area contributed by atoms with Crippen molar-refractivity contribution in [2.24, 2.45) is 0 Å². The van der Waals surface area contributed by atoms with Crippen LogP contribution in [0.1, 0.15) is 29.8 Å². The zero-order valence-corrected chi connectivity index (χ0v) is 15.5. The van der Waals surface area contributed by atoms with Gasteiger partial charge in [0, 0.05) is 23.2 Å². The molecule has 0 bridgehead atoms. The molecule has 0 unspecified atom stereocenters. The summed E-state index contributed by atoms with van der Waals surface area (Å²) in [5.74, 6) is -0.322. The van der Waals surface area contributed by atoms with Gasteiger partial charge in [-0.3, -0.25) is 9.59 Å². The number of rotatable bonds is 4. The number of hydrogen-bond acceptors (Lipinski definition) is 2. The largest absolute Gasteiger partial charge is 0.314 e. The first-order valence-corrected chi connectivity index (χ1v) is 8.25. The van der Waals surface area contributed by atoms with Crippen LogP contribution in [-0.2, 0) is 4.79 Å². The SMILES string of the molecule is CN(C(=O)C(C)(C)Br)c1ccc(Cl)cc1C(=O)c1ccccc1. The highest BCUT2D eigenvalue weighted by Gasteiger charge is 2.30. The molecule has 0 atom stereocenters. The number of alkyl halides is 1. The molecule has 2 rings (SSSR count). The number of carbonyl (C=O) groups is 2. The fraction of sp³-hybridized carbons (Fsp3) is 0.222. The van der Waals surface area contributed by atoms with Gasteiger partial charge in [-0.1, -0.05) is 57.9 Å². The smallest absolute Gasteiger partial charge is 0.243 e. The van der Waals surface area contributed by atoms with E-state index in [0.717, 1.165) is 0 Å². The first-order chi connectivity index (χ1) is 10.7. The standard InChI is InChI=1S/C18H17BrClNO2/c1-18(2,19)17(23)21(3)15-10-9-13(20)11-14(15)16(22)12-7-5-4-6-8-12/h4-11H,1-3H3. The Morgan fingerprint density at radius 3 is 2.26 bits per heavy atom. The van der Waals surface area contributed by atoms with Crippen molar-refractivity contribution >= 4 is 44.9 Å². The molecule has 5 heteroatoms. The van der Waals surface area contributed by atoms with Crippen molar-refractivity contribution in [3.63, 3.8) is 0 Å². The molecule has 1 amide bonds. The Bertz CT molecular complexity index is 738. The Balaban J connectivity index is 2.50. The van der Waals surface area contributed by atoms with Crippen LogP contribution in [0.25, 0.3) is 0 Å². The van der Waals surface area contributed by atoms with Crippen LogP contribution in [0.15, 0.2) is 48.5 Å². The van der Waals surface area contributed by atoms with Crippen LogP contribution in [-0.4, -0.2) is 23.1 Å².